The van der Waals surface area contributed by atoms with Gasteiger partial charge in [-0.1, -0.05) is 0 Å². The minimum absolute atomic E-state index is 0.0463. The summed E-state index contributed by atoms with van der Waals surface area (Å²) < 4.78 is 6.52. The second kappa shape index (κ2) is 4.57. The molecule has 0 saturated carbocycles. The van der Waals surface area contributed by atoms with Crippen molar-refractivity contribution in [3.63, 3.8) is 0 Å². The zero-order valence-corrected chi connectivity index (χ0v) is 10.6. The number of aliphatic hydroxyl groups excluding tert-OH is 3. The van der Waals surface area contributed by atoms with E-state index in [9.17, 15) is 20.1 Å². The molecule has 0 aromatic carbocycles. The highest BCUT2D eigenvalue weighted by Gasteiger charge is 2.54. The molecule has 5 N–H and O–H groups in total. The second-order valence-corrected chi connectivity index (χ2v) is 4.82. The lowest BCUT2D eigenvalue weighted by atomic mass is 10.0. The molecule has 1 aromatic heterocycles. The summed E-state index contributed by atoms with van der Waals surface area (Å²) in [6.07, 6.45) is -3.36. The Kier molecular flexibility index (Phi) is 3.35. The lowest BCUT2D eigenvalue weighted by Crippen LogP contribution is -2.48. The van der Waals surface area contributed by atoms with Gasteiger partial charge in [0.2, 0.25) is 0 Å². The average molecular weight is 271 g/mol. The molecule has 0 amide bonds. The molecule has 0 bridgehead atoms. The first-order chi connectivity index (χ1) is 8.77. The summed E-state index contributed by atoms with van der Waals surface area (Å²) in [5, 5.41) is 29.5. The van der Waals surface area contributed by atoms with Crippen LogP contribution in [0.3, 0.4) is 0 Å². The Balaban J connectivity index is 2.46. The van der Waals surface area contributed by atoms with Gasteiger partial charge in [0, 0.05) is 6.20 Å². The highest BCUT2D eigenvalue weighted by atomic mass is 16.6. The maximum Gasteiger partial charge on any atom is 0.351 e. The Hall–Kier alpha value is -1.48. The quantitative estimate of drug-likeness (QED) is 0.489. The number of aromatic nitrogens is 2. The molecular formula is C11H17N3O5. The van der Waals surface area contributed by atoms with Crippen molar-refractivity contribution in [3.8, 4) is 0 Å². The molecule has 1 aromatic rings. The summed E-state index contributed by atoms with van der Waals surface area (Å²) in [7, 11) is 0. The predicted molar refractivity (Wildman–Crippen MR) is 65.1 cm³/mol. The van der Waals surface area contributed by atoms with Crippen molar-refractivity contribution in [2.24, 2.45) is 0 Å². The molecule has 8 heteroatoms. The zero-order chi connectivity index (χ0) is 14.4. The van der Waals surface area contributed by atoms with Crippen LogP contribution in [0.15, 0.2) is 17.1 Å². The number of nitrogens with zero attached hydrogens (tertiary/aromatic N) is 2. The van der Waals surface area contributed by atoms with Crippen molar-refractivity contribution in [2.75, 3.05) is 5.73 Å². The van der Waals surface area contributed by atoms with Crippen molar-refractivity contribution in [1.29, 1.82) is 0 Å². The fourth-order valence-electron chi connectivity index (χ4n) is 2.25. The lowest BCUT2D eigenvalue weighted by molar-refractivity contribution is -0.148. The Labute approximate surface area is 109 Å². The minimum atomic E-state index is -1.52. The lowest BCUT2D eigenvalue weighted by Gasteiger charge is -2.29. The van der Waals surface area contributed by atoms with Crippen LogP contribution in [-0.2, 0) is 10.5 Å². The first-order valence-electron chi connectivity index (χ1n) is 5.85. The molecule has 2 rings (SSSR count). The second-order valence-electron chi connectivity index (χ2n) is 4.82. The monoisotopic (exact) mass is 271 g/mol. The summed E-state index contributed by atoms with van der Waals surface area (Å²) in [5.41, 5.74) is 3.17. The van der Waals surface area contributed by atoms with Gasteiger partial charge in [0.25, 0.3) is 0 Å². The van der Waals surface area contributed by atoms with Crippen molar-refractivity contribution in [3.05, 3.63) is 22.7 Å². The first-order valence-corrected chi connectivity index (χ1v) is 5.85. The van der Waals surface area contributed by atoms with Gasteiger partial charge in [0.15, 0.2) is 5.72 Å². The molecule has 0 spiro atoms. The molecule has 1 saturated heterocycles. The van der Waals surface area contributed by atoms with E-state index in [0.717, 1.165) is 4.57 Å². The summed E-state index contributed by atoms with van der Waals surface area (Å²) in [5.74, 6) is 0.0463. The van der Waals surface area contributed by atoms with Crippen LogP contribution in [-0.4, -0.2) is 49.3 Å². The largest absolute Gasteiger partial charge is 0.391 e. The Bertz CT molecular complexity index is 531. The van der Waals surface area contributed by atoms with E-state index in [0.29, 0.717) is 0 Å². The summed E-state index contributed by atoms with van der Waals surface area (Å²) >= 11 is 0. The van der Waals surface area contributed by atoms with Crippen LogP contribution in [0.2, 0.25) is 0 Å². The van der Waals surface area contributed by atoms with Gasteiger partial charge in [-0.25, -0.2) is 4.79 Å². The van der Waals surface area contributed by atoms with E-state index in [1.807, 2.05) is 0 Å². The van der Waals surface area contributed by atoms with Crippen LogP contribution in [0.25, 0.3) is 0 Å². The van der Waals surface area contributed by atoms with Gasteiger partial charge in [0.05, 0.1) is 6.10 Å². The van der Waals surface area contributed by atoms with Crippen LogP contribution < -0.4 is 11.4 Å². The number of hydrogen-bond acceptors (Lipinski definition) is 7. The predicted octanol–water partition coefficient (Wildman–Crippen LogP) is -2.00. The number of nitrogens with two attached hydrogens (primary N) is 1. The average Bonchev–Trinajstić information content (AvgIpc) is 2.54. The molecule has 0 radical (unpaired) electrons. The van der Waals surface area contributed by atoms with E-state index < -0.39 is 35.8 Å². The van der Waals surface area contributed by atoms with E-state index in [2.05, 4.69) is 4.98 Å². The smallest absolute Gasteiger partial charge is 0.351 e. The van der Waals surface area contributed by atoms with Crippen molar-refractivity contribution >= 4 is 5.82 Å². The molecule has 5 atom stereocenters. The van der Waals surface area contributed by atoms with Gasteiger partial charge in [-0.2, -0.15) is 4.98 Å². The summed E-state index contributed by atoms with van der Waals surface area (Å²) in [4.78, 5) is 15.3. The molecule has 1 aliphatic rings. The Morgan fingerprint density at radius 1 is 1.58 bits per heavy atom. The highest BCUT2D eigenvalue weighted by molar-refractivity contribution is 5.24. The minimum Gasteiger partial charge on any atom is -0.391 e. The zero-order valence-electron chi connectivity index (χ0n) is 10.6. The third-order valence-corrected chi connectivity index (χ3v) is 3.36. The number of aliphatic hydroxyl groups is 3. The number of nitrogen functional groups attached to an aromatic ring is 1. The number of anilines is 1. The maximum absolute atomic E-state index is 11.8. The first kappa shape index (κ1) is 13.9. The fraction of sp³-hybridized carbons (Fsp3) is 0.636. The number of rotatable bonds is 2. The topological polar surface area (TPSA) is 131 Å². The van der Waals surface area contributed by atoms with Crippen molar-refractivity contribution < 1.29 is 20.1 Å². The van der Waals surface area contributed by atoms with E-state index in [-0.39, 0.29) is 5.82 Å². The van der Waals surface area contributed by atoms with Gasteiger partial charge >= 0.3 is 5.69 Å². The molecular weight excluding hydrogens is 254 g/mol. The van der Waals surface area contributed by atoms with Crippen molar-refractivity contribution in [1.82, 2.24) is 9.55 Å². The third kappa shape index (κ3) is 2.12. The highest BCUT2D eigenvalue weighted by Crippen LogP contribution is 2.35. The van der Waals surface area contributed by atoms with Crippen LogP contribution >= 0.6 is 0 Å². The van der Waals surface area contributed by atoms with Crippen LogP contribution in [0.4, 0.5) is 5.82 Å². The molecule has 1 fully saturated rings. The molecule has 0 aliphatic carbocycles. The molecule has 19 heavy (non-hydrogen) atoms. The van der Waals surface area contributed by atoms with E-state index >= 15 is 0 Å². The van der Waals surface area contributed by atoms with Crippen LogP contribution in [0.5, 0.6) is 0 Å². The van der Waals surface area contributed by atoms with Crippen LogP contribution in [0.1, 0.15) is 13.8 Å². The Morgan fingerprint density at radius 3 is 2.68 bits per heavy atom. The van der Waals surface area contributed by atoms with Gasteiger partial charge in [-0.05, 0) is 19.9 Å². The van der Waals surface area contributed by atoms with E-state index in [1.165, 1.54) is 26.1 Å². The summed E-state index contributed by atoms with van der Waals surface area (Å²) in [6, 6.07) is 1.38. The molecule has 8 nitrogen and oxygen atoms in total. The van der Waals surface area contributed by atoms with E-state index in [1.54, 1.807) is 0 Å². The maximum atomic E-state index is 11.8. The summed E-state index contributed by atoms with van der Waals surface area (Å²) in [6.45, 7) is 2.86. The third-order valence-electron chi connectivity index (χ3n) is 3.36. The molecule has 2 heterocycles. The standard InChI is InChI=1S/C11H17N3O5/c1-5(15)8-7(16)9(17)11(2,19-8)14-4-3-6(12)13-10(14)18/h3-5,7-9,15-17H,1-2H3,(H2,12,13,18)/t5-,7-,8-,9+,11-/m1/s1. The van der Waals surface area contributed by atoms with Gasteiger partial charge in [-0.3, -0.25) is 4.57 Å². The Morgan fingerprint density at radius 2 is 2.21 bits per heavy atom. The van der Waals surface area contributed by atoms with E-state index in [4.69, 9.17) is 10.5 Å². The number of hydrogen-bond donors (Lipinski definition) is 4. The normalized spacial score (nSPS) is 36.4. The van der Waals surface area contributed by atoms with Crippen molar-refractivity contribution in [2.45, 2.75) is 44.0 Å². The van der Waals surface area contributed by atoms with Gasteiger partial charge in [-0.15, -0.1) is 0 Å². The molecule has 106 valence electrons. The molecule has 0 unspecified atom stereocenters. The van der Waals surface area contributed by atoms with Gasteiger partial charge < -0.3 is 25.8 Å². The fourth-order valence-corrected chi connectivity index (χ4v) is 2.25. The van der Waals surface area contributed by atoms with Gasteiger partial charge in [0.1, 0.15) is 24.1 Å². The van der Waals surface area contributed by atoms with Crippen LogP contribution in [0, 0.1) is 0 Å². The number of ether oxygens (including phenoxy) is 1. The SMILES string of the molecule is C[C@@H](O)[C@H]1O[C@@](C)(n2ccc(N)nc2=O)[C@@H](O)[C@@H]1O. The molecule has 1 aliphatic heterocycles.